The van der Waals surface area contributed by atoms with E-state index in [1.54, 1.807) is 7.11 Å². The second-order valence-electron chi connectivity index (χ2n) is 3.15. The van der Waals surface area contributed by atoms with Gasteiger partial charge in [0.15, 0.2) is 0 Å². The number of hydrazine groups is 1. The first-order valence-electron chi connectivity index (χ1n) is 5.00. The van der Waals surface area contributed by atoms with E-state index in [9.17, 15) is 0 Å². The minimum absolute atomic E-state index is 0.0438. The van der Waals surface area contributed by atoms with E-state index in [0.29, 0.717) is 13.2 Å². The molecule has 0 radical (unpaired) electrons. The lowest BCUT2D eigenvalue weighted by molar-refractivity contribution is 0.165. The standard InChI is InChI=1S/C11H18N2O2/c1-3-15-11-7-5-4-6-9(11)10(13-12)8-14-2/h4-7,10,13H,3,8,12H2,1-2H3. The summed E-state index contributed by atoms with van der Waals surface area (Å²) in [6.07, 6.45) is 0. The molecule has 0 amide bonds. The van der Waals surface area contributed by atoms with Crippen molar-refractivity contribution in [2.75, 3.05) is 20.3 Å². The zero-order valence-corrected chi connectivity index (χ0v) is 9.19. The van der Waals surface area contributed by atoms with Crippen molar-refractivity contribution < 1.29 is 9.47 Å². The number of para-hydroxylation sites is 1. The highest BCUT2D eigenvalue weighted by molar-refractivity contribution is 5.35. The van der Waals surface area contributed by atoms with Crippen LogP contribution in [0.4, 0.5) is 0 Å². The summed E-state index contributed by atoms with van der Waals surface area (Å²) in [4.78, 5) is 0. The van der Waals surface area contributed by atoms with Gasteiger partial charge in [0.2, 0.25) is 0 Å². The highest BCUT2D eigenvalue weighted by atomic mass is 16.5. The van der Waals surface area contributed by atoms with Gasteiger partial charge in [-0.1, -0.05) is 18.2 Å². The van der Waals surface area contributed by atoms with E-state index in [0.717, 1.165) is 11.3 Å². The number of hydrogen-bond donors (Lipinski definition) is 2. The Morgan fingerprint density at radius 2 is 2.13 bits per heavy atom. The molecule has 0 aliphatic heterocycles. The molecule has 1 unspecified atom stereocenters. The lowest BCUT2D eigenvalue weighted by Gasteiger charge is -2.18. The normalized spacial score (nSPS) is 12.5. The number of rotatable bonds is 6. The van der Waals surface area contributed by atoms with Gasteiger partial charge < -0.3 is 9.47 Å². The minimum Gasteiger partial charge on any atom is -0.494 e. The molecule has 0 aliphatic carbocycles. The van der Waals surface area contributed by atoms with E-state index >= 15 is 0 Å². The van der Waals surface area contributed by atoms with E-state index in [4.69, 9.17) is 15.3 Å². The maximum absolute atomic E-state index is 5.52. The van der Waals surface area contributed by atoms with Gasteiger partial charge in [-0.2, -0.15) is 0 Å². The molecule has 1 aromatic carbocycles. The Balaban J connectivity index is 2.88. The molecule has 1 aromatic rings. The Hall–Kier alpha value is -1.10. The maximum Gasteiger partial charge on any atom is 0.124 e. The summed E-state index contributed by atoms with van der Waals surface area (Å²) >= 11 is 0. The fourth-order valence-electron chi connectivity index (χ4n) is 1.45. The molecular weight excluding hydrogens is 192 g/mol. The molecule has 0 aromatic heterocycles. The summed E-state index contributed by atoms with van der Waals surface area (Å²) in [6, 6.07) is 7.76. The summed E-state index contributed by atoms with van der Waals surface area (Å²) in [5, 5.41) is 0. The molecule has 0 heterocycles. The smallest absolute Gasteiger partial charge is 0.124 e. The fourth-order valence-corrected chi connectivity index (χ4v) is 1.45. The van der Waals surface area contributed by atoms with Crippen molar-refractivity contribution in [1.29, 1.82) is 0 Å². The molecule has 15 heavy (non-hydrogen) atoms. The van der Waals surface area contributed by atoms with Crippen LogP contribution in [0.15, 0.2) is 24.3 Å². The number of methoxy groups -OCH3 is 1. The lowest BCUT2D eigenvalue weighted by atomic mass is 10.1. The van der Waals surface area contributed by atoms with Gasteiger partial charge in [-0.05, 0) is 13.0 Å². The van der Waals surface area contributed by atoms with Crippen molar-refractivity contribution in [3.8, 4) is 5.75 Å². The fraction of sp³-hybridized carbons (Fsp3) is 0.455. The first kappa shape index (κ1) is 12.0. The molecular formula is C11H18N2O2. The maximum atomic E-state index is 5.52. The third kappa shape index (κ3) is 3.20. The van der Waals surface area contributed by atoms with Crippen LogP contribution in [0.2, 0.25) is 0 Å². The van der Waals surface area contributed by atoms with Crippen molar-refractivity contribution >= 4 is 0 Å². The average molecular weight is 210 g/mol. The zero-order chi connectivity index (χ0) is 11.1. The van der Waals surface area contributed by atoms with Crippen molar-refractivity contribution in [3.63, 3.8) is 0 Å². The Morgan fingerprint density at radius 1 is 1.40 bits per heavy atom. The topological polar surface area (TPSA) is 56.5 Å². The molecule has 1 rings (SSSR count). The van der Waals surface area contributed by atoms with Crippen LogP contribution in [0.25, 0.3) is 0 Å². The van der Waals surface area contributed by atoms with E-state index in [2.05, 4.69) is 5.43 Å². The van der Waals surface area contributed by atoms with E-state index in [1.807, 2.05) is 31.2 Å². The molecule has 1 atom stereocenters. The van der Waals surface area contributed by atoms with Gasteiger partial charge in [0.1, 0.15) is 5.75 Å². The Bertz CT molecular complexity index is 292. The summed E-state index contributed by atoms with van der Waals surface area (Å²) < 4.78 is 10.6. The molecule has 0 aliphatic rings. The van der Waals surface area contributed by atoms with Crippen LogP contribution >= 0.6 is 0 Å². The van der Waals surface area contributed by atoms with Crippen LogP contribution in [0.3, 0.4) is 0 Å². The summed E-state index contributed by atoms with van der Waals surface area (Å²) in [6.45, 7) is 3.11. The van der Waals surface area contributed by atoms with Crippen LogP contribution in [-0.2, 0) is 4.74 Å². The second-order valence-corrected chi connectivity index (χ2v) is 3.15. The predicted octanol–water partition coefficient (Wildman–Crippen LogP) is 1.24. The monoisotopic (exact) mass is 210 g/mol. The van der Waals surface area contributed by atoms with Crippen LogP contribution in [0, 0.1) is 0 Å². The summed E-state index contributed by atoms with van der Waals surface area (Å²) in [5.41, 5.74) is 3.73. The van der Waals surface area contributed by atoms with Gasteiger partial charge in [0.05, 0.1) is 19.3 Å². The van der Waals surface area contributed by atoms with Gasteiger partial charge in [0.25, 0.3) is 0 Å². The second kappa shape index (κ2) is 6.40. The molecule has 0 saturated carbocycles. The molecule has 0 saturated heterocycles. The Morgan fingerprint density at radius 3 is 2.73 bits per heavy atom. The molecule has 3 N–H and O–H groups in total. The number of hydrogen-bond acceptors (Lipinski definition) is 4. The molecule has 0 spiro atoms. The molecule has 0 fully saturated rings. The lowest BCUT2D eigenvalue weighted by Crippen LogP contribution is -2.31. The average Bonchev–Trinajstić information content (AvgIpc) is 2.27. The van der Waals surface area contributed by atoms with Gasteiger partial charge in [0, 0.05) is 12.7 Å². The van der Waals surface area contributed by atoms with Crippen LogP contribution in [-0.4, -0.2) is 20.3 Å². The zero-order valence-electron chi connectivity index (χ0n) is 9.19. The quantitative estimate of drug-likeness (QED) is 0.548. The minimum atomic E-state index is -0.0438. The number of nitrogens with one attached hydrogen (secondary N) is 1. The Labute approximate surface area is 90.3 Å². The summed E-state index contributed by atoms with van der Waals surface area (Å²) in [5.74, 6) is 6.32. The number of ether oxygens (including phenoxy) is 2. The molecule has 4 nitrogen and oxygen atoms in total. The predicted molar refractivity (Wildman–Crippen MR) is 59.6 cm³/mol. The van der Waals surface area contributed by atoms with E-state index in [-0.39, 0.29) is 6.04 Å². The van der Waals surface area contributed by atoms with Gasteiger partial charge in [-0.25, -0.2) is 0 Å². The van der Waals surface area contributed by atoms with E-state index < -0.39 is 0 Å². The first-order valence-corrected chi connectivity index (χ1v) is 5.00. The largest absolute Gasteiger partial charge is 0.494 e. The van der Waals surface area contributed by atoms with Crippen molar-refractivity contribution in [2.45, 2.75) is 13.0 Å². The Kier molecular flexibility index (Phi) is 5.10. The van der Waals surface area contributed by atoms with Gasteiger partial charge in [-0.15, -0.1) is 0 Å². The van der Waals surface area contributed by atoms with Gasteiger partial charge >= 0.3 is 0 Å². The number of nitrogens with two attached hydrogens (primary N) is 1. The van der Waals surface area contributed by atoms with Crippen molar-refractivity contribution in [3.05, 3.63) is 29.8 Å². The van der Waals surface area contributed by atoms with E-state index in [1.165, 1.54) is 0 Å². The third-order valence-electron chi connectivity index (χ3n) is 2.13. The third-order valence-corrected chi connectivity index (χ3v) is 2.13. The van der Waals surface area contributed by atoms with Crippen LogP contribution in [0.5, 0.6) is 5.75 Å². The summed E-state index contributed by atoms with van der Waals surface area (Å²) in [7, 11) is 1.65. The van der Waals surface area contributed by atoms with Crippen molar-refractivity contribution in [1.82, 2.24) is 5.43 Å². The highest BCUT2D eigenvalue weighted by Gasteiger charge is 2.13. The van der Waals surface area contributed by atoms with Crippen LogP contribution in [0.1, 0.15) is 18.5 Å². The van der Waals surface area contributed by atoms with Crippen molar-refractivity contribution in [2.24, 2.45) is 5.84 Å². The van der Waals surface area contributed by atoms with Gasteiger partial charge in [-0.3, -0.25) is 11.3 Å². The SMILES string of the molecule is CCOc1ccccc1C(COC)NN. The highest BCUT2D eigenvalue weighted by Crippen LogP contribution is 2.24. The first-order chi connectivity index (χ1) is 7.33. The number of benzene rings is 1. The van der Waals surface area contributed by atoms with Crippen LogP contribution < -0.4 is 16.0 Å². The molecule has 0 bridgehead atoms. The molecule has 4 heteroatoms. The molecule has 84 valence electrons.